The highest BCUT2D eigenvalue weighted by atomic mass is 127. The summed E-state index contributed by atoms with van der Waals surface area (Å²) < 4.78 is 0. The summed E-state index contributed by atoms with van der Waals surface area (Å²) in [4.78, 5) is 11.4. The summed E-state index contributed by atoms with van der Waals surface area (Å²) >= 11 is 0. The molecule has 0 bridgehead atoms. The van der Waals surface area contributed by atoms with Crippen LogP contribution in [-0.4, -0.2) is 37.1 Å². The zero-order valence-corrected chi connectivity index (χ0v) is 19.3. The highest BCUT2D eigenvalue weighted by Crippen LogP contribution is 2.21. The van der Waals surface area contributed by atoms with Gasteiger partial charge in [-0.2, -0.15) is 0 Å². The van der Waals surface area contributed by atoms with Crippen LogP contribution >= 0.6 is 24.0 Å². The van der Waals surface area contributed by atoms with Gasteiger partial charge in [-0.15, -0.1) is 24.0 Å². The summed E-state index contributed by atoms with van der Waals surface area (Å²) in [5.74, 6) is 0.825. The van der Waals surface area contributed by atoms with Crippen molar-refractivity contribution in [3.8, 4) is 0 Å². The van der Waals surface area contributed by atoms with Gasteiger partial charge in [0.05, 0.1) is 12.2 Å². The monoisotopic (exact) mass is 501 g/mol. The average molecular weight is 501 g/mol. The lowest BCUT2D eigenvalue weighted by Gasteiger charge is -2.20. The molecule has 1 aliphatic rings. The van der Waals surface area contributed by atoms with Gasteiger partial charge in [0.15, 0.2) is 5.96 Å². The fraction of sp³-hybridized carbons (Fsp3) is 0.304. The molecule has 0 aliphatic carbocycles. The number of aryl methyl sites for hydroxylation is 1. The van der Waals surface area contributed by atoms with Crippen molar-refractivity contribution in [2.45, 2.75) is 25.9 Å². The van der Waals surface area contributed by atoms with E-state index in [9.17, 15) is 0 Å². The van der Waals surface area contributed by atoms with Gasteiger partial charge in [-0.25, -0.2) is 0 Å². The predicted octanol–water partition coefficient (Wildman–Crippen LogP) is 4.11. The molecule has 0 radical (unpaired) electrons. The smallest absolute Gasteiger partial charge is 0.191 e. The number of halogens is 1. The standard InChI is InChI=1S/C23H27N5.HI/c1-17-7-9-20(10-8-17)28-14-12-19(16-28)27-23(24-2)26-15-22-21-6-4-3-5-18(21)11-13-25-22;/h3-11,13,19H,12,14-16H2,1-2H3,(H2,24,26,27);1H. The van der Waals surface area contributed by atoms with Crippen LogP contribution in [-0.2, 0) is 6.54 Å². The number of guanidine groups is 1. The molecule has 6 heteroatoms. The van der Waals surface area contributed by atoms with Crippen LogP contribution in [0, 0.1) is 6.92 Å². The Hall–Kier alpha value is -2.35. The molecule has 152 valence electrons. The van der Waals surface area contributed by atoms with Crippen molar-refractivity contribution in [1.29, 1.82) is 0 Å². The second-order valence-electron chi connectivity index (χ2n) is 7.32. The van der Waals surface area contributed by atoms with Crippen molar-refractivity contribution in [2.75, 3.05) is 25.0 Å². The first kappa shape index (κ1) is 21.4. The van der Waals surface area contributed by atoms with Crippen LogP contribution in [0.15, 0.2) is 65.8 Å². The maximum atomic E-state index is 4.55. The molecule has 0 amide bonds. The fourth-order valence-electron chi connectivity index (χ4n) is 3.75. The van der Waals surface area contributed by atoms with E-state index in [2.05, 4.69) is 81.0 Å². The minimum Gasteiger partial charge on any atom is -0.369 e. The number of fused-ring (bicyclic) bond motifs is 1. The second-order valence-corrected chi connectivity index (χ2v) is 7.32. The summed E-state index contributed by atoms with van der Waals surface area (Å²) in [6.45, 7) is 4.81. The van der Waals surface area contributed by atoms with E-state index >= 15 is 0 Å². The van der Waals surface area contributed by atoms with Crippen LogP contribution in [0.25, 0.3) is 10.8 Å². The van der Waals surface area contributed by atoms with Gasteiger partial charge in [-0.1, -0.05) is 42.0 Å². The molecule has 29 heavy (non-hydrogen) atoms. The molecular formula is C23H28IN5. The molecule has 0 spiro atoms. The quantitative estimate of drug-likeness (QED) is 0.321. The number of nitrogens with one attached hydrogen (secondary N) is 2. The van der Waals surface area contributed by atoms with E-state index in [1.54, 1.807) is 0 Å². The summed E-state index contributed by atoms with van der Waals surface area (Å²) in [5.41, 5.74) is 3.62. The van der Waals surface area contributed by atoms with Gasteiger partial charge in [0.25, 0.3) is 0 Å². The zero-order valence-electron chi connectivity index (χ0n) is 16.9. The van der Waals surface area contributed by atoms with Crippen LogP contribution in [0.2, 0.25) is 0 Å². The Labute approximate surface area is 189 Å². The molecule has 1 fully saturated rings. The summed E-state index contributed by atoms with van der Waals surface area (Å²) in [7, 11) is 1.82. The Morgan fingerprint density at radius 2 is 1.93 bits per heavy atom. The molecule has 4 rings (SSSR count). The van der Waals surface area contributed by atoms with Crippen LogP contribution in [0.4, 0.5) is 5.69 Å². The fourth-order valence-corrected chi connectivity index (χ4v) is 3.75. The van der Waals surface area contributed by atoms with Crippen molar-refractivity contribution in [1.82, 2.24) is 15.6 Å². The highest BCUT2D eigenvalue weighted by molar-refractivity contribution is 14.0. The van der Waals surface area contributed by atoms with E-state index in [4.69, 9.17) is 0 Å². The minimum absolute atomic E-state index is 0. The number of benzene rings is 2. The second kappa shape index (κ2) is 9.91. The number of aliphatic imine (C=N–C) groups is 1. The number of aromatic nitrogens is 1. The maximum absolute atomic E-state index is 4.55. The maximum Gasteiger partial charge on any atom is 0.191 e. The van der Waals surface area contributed by atoms with E-state index < -0.39 is 0 Å². The van der Waals surface area contributed by atoms with Crippen LogP contribution in [0.3, 0.4) is 0 Å². The predicted molar refractivity (Wildman–Crippen MR) is 132 cm³/mol. The number of anilines is 1. The average Bonchev–Trinajstić information content (AvgIpc) is 3.20. The van der Waals surface area contributed by atoms with Crippen molar-refractivity contribution in [2.24, 2.45) is 4.99 Å². The molecule has 1 aromatic heterocycles. The van der Waals surface area contributed by atoms with E-state index in [0.717, 1.165) is 31.2 Å². The van der Waals surface area contributed by atoms with E-state index in [1.807, 2.05) is 19.3 Å². The molecule has 5 nitrogen and oxygen atoms in total. The third-order valence-corrected chi connectivity index (χ3v) is 5.33. The Morgan fingerprint density at radius 3 is 2.72 bits per heavy atom. The first-order valence-electron chi connectivity index (χ1n) is 9.84. The lowest BCUT2D eigenvalue weighted by Crippen LogP contribution is -2.44. The van der Waals surface area contributed by atoms with Crippen LogP contribution < -0.4 is 15.5 Å². The van der Waals surface area contributed by atoms with Crippen molar-refractivity contribution in [3.63, 3.8) is 0 Å². The SMILES string of the molecule is CN=C(NCc1nccc2ccccc12)NC1CCN(c2ccc(C)cc2)C1.I. The number of rotatable bonds is 4. The van der Waals surface area contributed by atoms with Crippen molar-refractivity contribution >= 4 is 46.4 Å². The van der Waals surface area contributed by atoms with E-state index in [-0.39, 0.29) is 24.0 Å². The van der Waals surface area contributed by atoms with E-state index in [0.29, 0.717) is 12.6 Å². The molecule has 0 saturated carbocycles. The number of nitrogens with zero attached hydrogens (tertiary/aromatic N) is 3. The van der Waals surface area contributed by atoms with Gasteiger partial charge >= 0.3 is 0 Å². The lowest BCUT2D eigenvalue weighted by molar-refractivity contribution is 0.647. The summed E-state index contributed by atoms with van der Waals surface area (Å²) in [5, 5.41) is 9.38. The van der Waals surface area contributed by atoms with Gasteiger partial charge in [0, 0.05) is 43.4 Å². The zero-order chi connectivity index (χ0) is 19.3. The van der Waals surface area contributed by atoms with Gasteiger partial charge in [0.2, 0.25) is 0 Å². The molecule has 3 aromatic rings. The van der Waals surface area contributed by atoms with Crippen LogP contribution in [0.1, 0.15) is 17.7 Å². The molecule has 1 atom stereocenters. The largest absolute Gasteiger partial charge is 0.369 e. The molecule has 1 unspecified atom stereocenters. The number of hydrogen-bond acceptors (Lipinski definition) is 3. The molecular weight excluding hydrogens is 473 g/mol. The third-order valence-electron chi connectivity index (χ3n) is 5.33. The molecule has 1 aliphatic heterocycles. The highest BCUT2D eigenvalue weighted by Gasteiger charge is 2.23. The van der Waals surface area contributed by atoms with Crippen molar-refractivity contribution in [3.05, 3.63) is 72.1 Å². The molecule has 1 saturated heterocycles. The Balaban J connectivity index is 0.00000240. The molecule has 2 N–H and O–H groups in total. The summed E-state index contributed by atoms with van der Waals surface area (Å²) in [6, 6.07) is 19.5. The summed E-state index contributed by atoms with van der Waals surface area (Å²) in [6.07, 6.45) is 2.97. The Morgan fingerprint density at radius 1 is 1.14 bits per heavy atom. The van der Waals surface area contributed by atoms with Gasteiger partial charge < -0.3 is 15.5 Å². The first-order chi connectivity index (χ1) is 13.7. The number of pyridine rings is 1. The first-order valence-corrected chi connectivity index (χ1v) is 9.84. The molecule has 2 aromatic carbocycles. The lowest BCUT2D eigenvalue weighted by atomic mass is 10.1. The normalized spacial score (nSPS) is 16.6. The number of hydrogen-bond donors (Lipinski definition) is 2. The van der Waals surface area contributed by atoms with Gasteiger partial charge in [-0.3, -0.25) is 9.98 Å². The minimum atomic E-state index is 0. The Kier molecular flexibility index (Phi) is 7.30. The van der Waals surface area contributed by atoms with Gasteiger partial charge in [-0.05, 0) is 36.9 Å². The molecule has 2 heterocycles. The van der Waals surface area contributed by atoms with Gasteiger partial charge in [0.1, 0.15) is 0 Å². The van der Waals surface area contributed by atoms with Crippen LogP contribution in [0.5, 0.6) is 0 Å². The third kappa shape index (κ3) is 5.18. The Bertz CT molecular complexity index is 965. The van der Waals surface area contributed by atoms with E-state index in [1.165, 1.54) is 22.0 Å². The van der Waals surface area contributed by atoms with Crippen molar-refractivity contribution < 1.29 is 0 Å². The topological polar surface area (TPSA) is 52.6 Å².